The molecule has 0 radical (unpaired) electrons. The van der Waals surface area contributed by atoms with Crippen LogP contribution in [0.3, 0.4) is 0 Å². The van der Waals surface area contributed by atoms with Crippen molar-refractivity contribution in [3.8, 4) is 11.5 Å². The van der Waals surface area contributed by atoms with Crippen molar-refractivity contribution in [1.29, 1.82) is 0 Å². The van der Waals surface area contributed by atoms with Crippen LogP contribution in [0.4, 0.5) is 0 Å². The minimum absolute atomic E-state index is 0.0533. The van der Waals surface area contributed by atoms with E-state index in [0.717, 1.165) is 12.0 Å². The van der Waals surface area contributed by atoms with Crippen molar-refractivity contribution in [3.05, 3.63) is 59.7 Å². The maximum atomic E-state index is 13.0. The van der Waals surface area contributed by atoms with E-state index in [4.69, 9.17) is 14.2 Å². The summed E-state index contributed by atoms with van der Waals surface area (Å²) in [4.78, 5) is 12.2. The van der Waals surface area contributed by atoms with Gasteiger partial charge in [0.05, 0.1) is 20.3 Å². The predicted octanol–water partition coefficient (Wildman–Crippen LogP) is 2.90. The van der Waals surface area contributed by atoms with E-state index in [1.54, 1.807) is 24.3 Å². The molecule has 1 aliphatic heterocycles. The normalized spacial score (nSPS) is 15.3. The van der Waals surface area contributed by atoms with E-state index in [-0.39, 0.29) is 23.7 Å². The first kappa shape index (κ1) is 22.0. The summed E-state index contributed by atoms with van der Waals surface area (Å²) in [7, 11) is -2.32. The standard InChI is InChI=1S/C22H25NO6S/c1-3-17-4-8-19(9-5-17)29-22(24)11-7-18-6-10-20(27-2)21(16-18)30(25,26)23-12-14-28-15-13-23/h4-11,16H,3,12-15H2,1-2H3/b11-7+. The molecule has 160 valence electrons. The van der Waals surface area contributed by atoms with Gasteiger partial charge in [-0.3, -0.25) is 0 Å². The molecule has 2 aromatic carbocycles. The van der Waals surface area contributed by atoms with E-state index in [1.807, 2.05) is 19.1 Å². The van der Waals surface area contributed by atoms with Crippen LogP contribution in [-0.2, 0) is 26.0 Å². The van der Waals surface area contributed by atoms with Gasteiger partial charge in [-0.05, 0) is 47.9 Å². The van der Waals surface area contributed by atoms with Crippen LogP contribution in [0.25, 0.3) is 6.08 Å². The Hall–Kier alpha value is -2.68. The average molecular weight is 432 g/mol. The number of rotatable bonds is 7. The van der Waals surface area contributed by atoms with Crippen molar-refractivity contribution < 1.29 is 27.4 Å². The van der Waals surface area contributed by atoms with Gasteiger partial charge in [-0.2, -0.15) is 4.31 Å². The summed E-state index contributed by atoms with van der Waals surface area (Å²) in [5.74, 6) is 0.150. The number of nitrogens with zero attached hydrogens (tertiary/aromatic N) is 1. The third kappa shape index (κ3) is 5.27. The number of esters is 1. The van der Waals surface area contributed by atoms with Crippen LogP contribution in [-0.4, -0.2) is 52.1 Å². The van der Waals surface area contributed by atoms with Crippen molar-refractivity contribution in [3.63, 3.8) is 0 Å². The zero-order chi connectivity index (χ0) is 21.6. The van der Waals surface area contributed by atoms with Crippen molar-refractivity contribution in [2.45, 2.75) is 18.2 Å². The number of sulfonamides is 1. The molecule has 0 saturated carbocycles. The first-order valence-electron chi connectivity index (χ1n) is 9.69. The van der Waals surface area contributed by atoms with Gasteiger partial charge in [-0.15, -0.1) is 0 Å². The Balaban J connectivity index is 1.77. The van der Waals surface area contributed by atoms with Crippen molar-refractivity contribution in [2.75, 3.05) is 33.4 Å². The Morgan fingerprint density at radius 1 is 1.13 bits per heavy atom. The summed E-state index contributed by atoms with van der Waals surface area (Å²) >= 11 is 0. The molecule has 0 N–H and O–H groups in total. The summed E-state index contributed by atoms with van der Waals surface area (Å²) in [5.41, 5.74) is 1.69. The maximum Gasteiger partial charge on any atom is 0.336 e. The number of hydrogen-bond acceptors (Lipinski definition) is 6. The number of morpholine rings is 1. The lowest BCUT2D eigenvalue weighted by Gasteiger charge is -2.26. The van der Waals surface area contributed by atoms with E-state index in [1.165, 1.54) is 29.6 Å². The van der Waals surface area contributed by atoms with Crippen LogP contribution >= 0.6 is 0 Å². The average Bonchev–Trinajstić information content (AvgIpc) is 2.78. The molecular weight excluding hydrogens is 406 g/mol. The molecule has 2 aromatic rings. The van der Waals surface area contributed by atoms with Crippen molar-refractivity contribution in [1.82, 2.24) is 4.31 Å². The third-order valence-corrected chi connectivity index (χ3v) is 6.66. The second-order valence-electron chi connectivity index (χ2n) is 6.68. The second kappa shape index (κ2) is 9.88. The highest BCUT2D eigenvalue weighted by molar-refractivity contribution is 7.89. The van der Waals surface area contributed by atoms with E-state index in [0.29, 0.717) is 24.5 Å². The molecule has 30 heavy (non-hydrogen) atoms. The van der Waals surface area contributed by atoms with E-state index in [2.05, 4.69) is 0 Å². The molecule has 1 aliphatic rings. The minimum Gasteiger partial charge on any atom is -0.495 e. The highest BCUT2D eigenvalue weighted by atomic mass is 32.2. The summed E-state index contributed by atoms with van der Waals surface area (Å²) in [6.45, 7) is 3.33. The first-order chi connectivity index (χ1) is 14.4. The highest BCUT2D eigenvalue weighted by Crippen LogP contribution is 2.29. The van der Waals surface area contributed by atoms with Gasteiger partial charge in [0, 0.05) is 19.2 Å². The lowest BCUT2D eigenvalue weighted by atomic mass is 10.2. The van der Waals surface area contributed by atoms with Crippen molar-refractivity contribution >= 4 is 22.1 Å². The van der Waals surface area contributed by atoms with E-state index >= 15 is 0 Å². The lowest BCUT2D eigenvalue weighted by molar-refractivity contribution is -0.128. The van der Waals surface area contributed by atoms with Gasteiger partial charge >= 0.3 is 5.97 Å². The zero-order valence-electron chi connectivity index (χ0n) is 17.0. The number of ether oxygens (including phenoxy) is 3. The SMILES string of the molecule is CCc1ccc(OC(=O)/C=C/c2ccc(OC)c(S(=O)(=O)N3CCOCC3)c2)cc1. The molecule has 0 aliphatic carbocycles. The Bertz CT molecular complexity index is 1010. The predicted molar refractivity (Wildman–Crippen MR) is 113 cm³/mol. The number of carbonyl (C=O) groups is 1. The number of aryl methyl sites for hydroxylation is 1. The molecule has 0 amide bonds. The molecule has 0 unspecified atom stereocenters. The summed E-state index contributed by atoms with van der Waals surface area (Å²) < 4.78 is 43.2. The quantitative estimate of drug-likeness (QED) is 0.381. The summed E-state index contributed by atoms with van der Waals surface area (Å²) in [5, 5.41) is 0. The topological polar surface area (TPSA) is 82.1 Å². The Kier molecular flexibility index (Phi) is 7.25. The molecule has 3 rings (SSSR count). The zero-order valence-corrected chi connectivity index (χ0v) is 17.9. The monoisotopic (exact) mass is 431 g/mol. The Morgan fingerprint density at radius 3 is 2.47 bits per heavy atom. The van der Waals surface area contributed by atoms with Crippen LogP contribution in [0, 0.1) is 0 Å². The molecule has 0 atom stereocenters. The maximum absolute atomic E-state index is 13.0. The van der Waals surface area contributed by atoms with Crippen LogP contribution in [0.15, 0.2) is 53.4 Å². The van der Waals surface area contributed by atoms with Crippen LogP contribution in [0.1, 0.15) is 18.1 Å². The smallest absolute Gasteiger partial charge is 0.336 e. The summed E-state index contributed by atoms with van der Waals surface area (Å²) in [6, 6.07) is 12.0. The highest BCUT2D eigenvalue weighted by Gasteiger charge is 2.29. The molecule has 0 aromatic heterocycles. The molecule has 0 spiro atoms. The molecule has 8 heteroatoms. The molecule has 1 fully saturated rings. The van der Waals surface area contributed by atoms with Crippen LogP contribution in [0.2, 0.25) is 0 Å². The van der Waals surface area contributed by atoms with Gasteiger partial charge in [-0.1, -0.05) is 25.1 Å². The van der Waals surface area contributed by atoms with Gasteiger partial charge in [0.2, 0.25) is 10.0 Å². The van der Waals surface area contributed by atoms with Gasteiger partial charge in [-0.25, -0.2) is 13.2 Å². The summed E-state index contributed by atoms with van der Waals surface area (Å²) in [6.07, 6.45) is 3.68. The Labute approximate surface area is 176 Å². The van der Waals surface area contributed by atoms with E-state index in [9.17, 15) is 13.2 Å². The molecule has 7 nitrogen and oxygen atoms in total. The minimum atomic E-state index is -3.74. The van der Waals surface area contributed by atoms with Crippen LogP contribution in [0.5, 0.6) is 11.5 Å². The largest absolute Gasteiger partial charge is 0.495 e. The lowest BCUT2D eigenvalue weighted by Crippen LogP contribution is -2.40. The second-order valence-corrected chi connectivity index (χ2v) is 8.59. The number of methoxy groups -OCH3 is 1. The van der Waals surface area contributed by atoms with Gasteiger partial charge < -0.3 is 14.2 Å². The van der Waals surface area contributed by atoms with Crippen LogP contribution < -0.4 is 9.47 Å². The number of carbonyl (C=O) groups excluding carboxylic acids is 1. The Morgan fingerprint density at radius 2 is 1.83 bits per heavy atom. The molecule has 1 saturated heterocycles. The fourth-order valence-corrected chi connectivity index (χ4v) is 4.63. The van der Waals surface area contributed by atoms with Crippen molar-refractivity contribution in [2.24, 2.45) is 0 Å². The van der Waals surface area contributed by atoms with Gasteiger partial charge in [0.1, 0.15) is 16.4 Å². The molecule has 1 heterocycles. The van der Waals surface area contributed by atoms with Gasteiger partial charge in [0.25, 0.3) is 0 Å². The molecule has 0 bridgehead atoms. The fraction of sp³-hybridized carbons (Fsp3) is 0.318. The van der Waals surface area contributed by atoms with E-state index < -0.39 is 16.0 Å². The fourth-order valence-electron chi connectivity index (χ4n) is 3.03. The van der Waals surface area contributed by atoms with Gasteiger partial charge in [0.15, 0.2) is 0 Å². The molecular formula is C22H25NO6S. The number of hydrogen-bond donors (Lipinski definition) is 0. The number of benzene rings is 2. The first-order valence-corrected chi connectivity index (χ1v) is 11.1. The third-order valence-electron chi connectivity index (χ3n) is 4.74.